The van der Waals surface area contributed by atoms with E-state index in [4.69, 9.17) is 5.73 Å². The van der Waals surface area contributed by atoms with Gasteiger partial charge in [-0.1, -0.05) is 0 Å². The van der Waals surface area contributed by atoms with Crippen LogP contribution in [0.3, 0.4) is 0 Å². The van der Waals surface area contributed by atoms with Gasteiger partial charge in [0, 0.05) is 24.2 Å². The predicted octanol–water partition coefficient (Wildman–Crippen LogP) is 2.42. The Balaban J connectivity index is 0.00000289. The van der Waals surface area contributed by atoms with Crippen LogP contribution in [0.4, 0.5) is 18.9 Å². The molecule has 9 heteroatoms. The molecule has 5 nitrogen and oxygen atoms in total. The van der Waals surface area contributed by atoms with Crippen molar-refractivity contribution in [3.63, 3.8) is 0 Å². The zero-order valence-corrected chi connectivity index (χ0v) is 9.75. The lowest BCUT2D eigenvalue weighted by atomic mass is 10.2. The second kappa shape index (κ2) is 6.41. The lowest BCUT2D eigenvalue weighted by Crippen LogP contribution is -2.20. The molecule has 0 aliphatic heterocycles. The number of nitro benzene ring substituents is 1. The molecular formula is C9H10ClF3N2O3. The predicted molar refractivity (Wildman–Crippen MR) is 59.8 cm³/mol. The zero-order chi connectivity index (χ0) is 13.1. The molecule has 18 heavy (non-hydrogen) atoms. The summed E-state index contributed by atoms with van der Waals surface area (Å²) in [6, 6.07) is 3.25. The molecule has 0 heterocycles. The maximum absolute atomic E-state index is 11.9. The van der Waals surface area contributed by atoms with Gasteiger partial charge in [0.2, 0.25) is 0 Å². The van der Waals surface area contributed by atoms with Crippen molar-refractivity contribution in [1.29, 1.82) is 0 Å². The first-order valence-electron chi connectivity index (χ1n) is 4.50. The van der Waals surface area contributed by atoms with Gasteiger partial charge in [-0.2, -0.15) is 13.2 Å². The molecule has 1 rings (SSSR count). The average Bonchev–Trinajstić information content (AvgIpc) is 2.24. The van der Waals surface area contributed by atoms with Gasteiger partial charge in [0.05, 0.1) is 4.92 Å². The Morgan fingerprint density at radius 1 is 1.39 bits per heavy atom. The van der Waals surface area contributed by atoms with Gasteiger partial charge in [-0.05, 0) is 6.07 Å². The van der Waals surface area contributed by atoms with E-state index in [1.54, 1.807) is 0 Å². The summed E-state index contributed by atoms with van der Waals surface area (Å²) in [4.78, 5) is 9.78. The lowest BCUT2D eigenvalue weighted by Gasteiger charge is -2.11. The minimum atomic E-state index is -4.46. The highest BCUT2D eigenvalue weighted by atomic mass is 35.5. The number of alkyl halides is 3. The number of non-ortho nitro benzene ring substituents is 1. The second-order valence-corrected chi connectivity index (χ2v) is 3.16. The first-order valence-corrected chi connectivity index (χ1v) is 4.50. The first-order chi connectivity index (χ1) is 7.83. The quantitative estimate of drug-likeness (QED) is 0.681. The molecule has 0 spiro atoms. The summed E-state index contributed by atoms with van der Waals surface area (Å²) in [5.41, 5.74) is 5.19. The molecule has 102 valence electrons. The van der Waals surface area contributed by atoms with Crippen LogP contribution in [0.1, 0.15) is 5.56 Å². The van der Waals surface area contributed by atoms with Crippen molar-refractivity contribution in [3.05, 3.63) is 33.9 Å². The van der Waals surface area contributed by atoms with Crippen LogP contribution in [0, 0.1) is 10.1 Å². The number of ether oxygens (including phenoxy) is 1. The molecule has 0 aliphatic rings. The Kier molecular flexibility index (Phi) is 5.86. The fourth-order valence-corrected chi connectivity index (χ4v) is 1.14. The Morgan fingerprint density at radius 3 is 2.44 bits per heavy atom. The van der Waals surface area contributed by atoms with Gasteiger partial charge in [0.25, 0.3) is 5.69 Å². The van der Waals surface area contributed by atoms with Gasteiger partial charge in [0.1, 0.15) is 5.75 Å². The molecular weight excluding hydrogens is 277 g/mol. The van der Waals surface area contributed by atoms with Crippen LogP contribution in [-0.4, -0.2) is 17.7 Å². The highest BCUT2D eigenvalue weighted by Gasteiger charge is 2.28. The van der Waals surface area contributed by atoms with E-state index >= 15 is 0 Å². The fraction of sp³-hybridized carbons (Fsp3) is 0.333. The van der Waals surface area contributed by atoms with Crippen LogP contribution in [0.25, 0.3) is 0 Å². The number of hydrogen-bond donors (Lipinski definition) is 1. The van der Waals surface area contributed by atoms with Crippen molar-refractivity contribution < 1.29 is 22.8 Å². The van der Waals surface area contributed by atoms with E-state index in [1.165, 1.54) is 0 Å². The van der Waals surface area contributed by atoms with Crippen molar-refractivity contribution >= 4 is 18.1 Å². The molecule has 0 unspecified atom stereocenters. The summed E-state index contributed by atoms with van der Waals surface area (Å²) in [5, 5.41) is 10.4. The number of nitrogens with two attached hydrogens (primary N) is 1. The summed E-state index contributed by atoms with van der Waals surface area (Å²) in [6.07, 6.45) is -4.46. The highest BCUT2D eigenvalue weighted by molar-refractivity contribution is 5.85. The van der Waals surface area contributed by atoms with E-state index in [0.29, 0.717) is 0 Å². The fourth-order valence-electron chi connectivity index (χ4n) is 1.14. The number of rotatable bonds is 4. The molecule has 0 aliphatic carbocycles. The molecule has 2 N–H and O–H groups in total. The number of benzene rings is 1. The largest absolute Gasteiger partial charge is 0.484 e. The summed E-state index contributed by atoms with van der Waals surface area (Å²) in [7, 11) is 0. The van der Waals surface area contributed by atoms with Crippen LogP contribution in [-0.2, 0) is 6.54 Å². The van der Waals surface area contributed by atoms with E-state index < -0.39 is 17.7 Å². The van der Waals surface area contributed by atoms with Gasteiger partial charge in [-0.3, -0.25) is 10.1 Å². The molecule has 1 aromatic carbocycles. The summed E-state index contributed by atoms with van der Waals surface area (Å²) in [5.74, 6) is -0.101. The normalized spacial score (nSPS) is 10.7. The van der Waals surface area contributed by atoms with E-state index in [1.807, 2.05) is 0 Å². The molecule has 0 atom stereocenters. The smallest absolute Gasteiger partial charge is 0.422 e. The molecule has 0 amide bonds. The summed E-state index contributed by atoms with van der Waals surface area (Å²) >= 11 is 0. The minimum Gasteiger partial charge on any atom is -0.484 e. The van der Waals surface area contributed by atoms with E-state index in [2.05, 4.69) is 4.74 Å². The third-order valence-electron chi connectivity index (χ3n) is 1.87. The standard InChI is InChI=1S/C9H9F3N2O3.ClH/c10-9(11,12)5-17-8-2-1-7(14(15)16)3-6(8)4-13;/h1-3H,4-5,13H2;1H. The Bertz CT molecular complexity index is 426. The maximum atomic E-state index is 11.9. The molecule has 0 fully saturated rings. The van der Waals surface area contributed by atoms with E-state index in [-0.39, 0.29) is 36.0 Å². The van der Waals surface area contributed by atoms with Crippen LogP contribution in [0.15, 0.2) is 18.2 Å². The lowest BCUT2D eigenvalue weighted by molar-refractivity contribution is -0.384. The molecule has 0 bridgehead atoms. The van der Waals surface area contributed by atoms with E-state index in [9.17, 15) is 23.3 Å². The molecule has 0 aromatic heterocycles. The van der Waals surface area contributed by atoms with Crippen molar-refractivity contribution in [2.45, 2.75) is 12.7 Å². The number of nitro groups is 1. The molecule has 1 aromatic rings. The monoisotopic (exact) mass is 286 g/mol. The Morgan fingerprint density at radius 2 is 2.00 bits per heavy atom. The zero-order valence-electron chi connectivity index (χ0n) is 8.94. The van der Waals surface area contributed by atoms with Crippen LogP contribution in [0.5, 0.6) is 5.75 Å². The van der Waals surface area contributed by atoms with Crippen molar-refractivity contribution in [1.82, 2.24) is 0 Å². The molecule has 0 saturated heterocycles. The number of nitrogens with zero attached hydrogens (tertiary/aromatic N) is 1. The SMILES string of the molecule is Cl.NCc1cc([N+](=O)[O-])ccc1OCC(F)(F)F. The second-order valence-electron chi connectivity index (χ2n) is 3.16. The van der Waals surface area contributed by atoms with Crippen LogP contribution >= 0.6 is 12.4 Å². The topological polar surface area (TPSA) is 78.4 Å². The highest BCUT2D eigenvalue weighted by Crippen LogP contribution is 2.25. The van der Waals surface area contributed by atoms with E-state index in [0.717, 1.165) is 18.2 Å². The van der Waals surface area contributed by atoms with Gasteiger partial charge in [-0.15, -0.1) is 12.4 Å². The summed E-state index contributed by atoms with van der Waals surface area (Å²) in [6.45, 7) is -1.60. The Hall–Kier alpha value is -1.54. The average molecular weight is 287 g/mol. The van der Waals surface area contributed by atoms with Gasteiger partial charge < -0.3 is 10.5 Å². The van der Waals surface area contributed by atoms with Gasteiger partial charge >= 0.3 is 6.18 Å². The number of halogens is 4. The third kappa shape index (κ3) is 4.76. The first kappa shape index (κ1) is 16.5. The molecule has 0 saturated carbocycles. The Labute approximate surface area is 106 Å². The van der Waals surface area contributed by atoms with Gasteiger partial charge in [-0.25, -0.2) is 0 Å². The summed E-state index contributed by atoms with van der Waals surface area (Å²) < 4.78 is 40.3. The van der Waals surface area contributed by atoms with Crippen molar-refractivity contribution in [2.75, 3.05) is 6.61 Å². The van der Waals surface area contributed by atoms with Gasteiger partial charge in [0.15, 0.2) is 6.61 Å². The van der Waals surface area contributed by atoms with Crippen molar-refractivity contribution in [3.8, 4) is 5.75 Å². The van der Waals surface area contributed by atoms with Crippen LogP contribution in [0.2, 0.25) is 0 Å². The minimum absolute atomic E-state index is 0. The molecule has 0 radical (unpaired) electrons. The third-order valence-corrected chi connectivity index (χ3v) is 1.87. The van der Waals surface area contributed by atoms with Crippen LogP contribution < -0.4 is 10.5 Å². The number of hydrogen-bond acceptors (Lipinski definition) is 4. The maximum Gasteiger partial charge on any atom is 0.422 e. The van der Waals surface area contributed by atoms with Crippen molar-refractivity contribution in [2.24, 2.45) is 5.73 Å².